The number of ether oxygens (including phenoxy) is 2. The van der Waals surface area contributed by atoms with Gasteiger partial charge in [-0.1, -0.05) is 23.9 Å². The Kier molecular flexibility index (Phi) is 5.48. The number of nitrogens with one attached hydrogen (secondary N) is 1. The number of thioether (sulfide) groups is 1. The first-order valence-corrected chi connectivity index (χ1v) is 10.8. The molecule has 0 radical (unpaired) electrons. The molecule has 1 aliphatic rings. The average molecular weight is 464 g/mol. The van der Waals surface area contributed by atoms with Gasteiger partial charge in [0.1, 0.15) is 13.2 Å². The van der Waals surface area contributed by atoms with Gasteiger partial charge >= 0.3 is 0 Å². The molecule has 1 N–H and O–H groups in total. The molecule has 12 heteroatoms. The van der Waals surface area contributed by atoms with Gasteiger partial charge in [0.25, 0.3) is 5.69 Å². The lowest BCUT2D eigenvalue weighted by Gasteiger charge is -2.18. The molecule has 33 heavy (non-hydrogen) atoms. The van der Waals surface area contributed by atoms with Crippen LogP contribution in [-0.2, 0) is 4.79 Å². The minimum atomic E-state index is -0.456. The van der Waals surface area contributed by atoms with E-state index in [1.165, 1.54) is 28.4 Å². The normalized spacial score (nSPS) is 12.5. The molecule has 0 unspecified atom stereocenters. The molecule has 0 atom stereocenters. The fourth-order valence-electron chi connectivity index (χ4n) is 3.24. The van der Waals surface area contributed by atoms with Crippen LogP contribution in [-0.4, -0.2) is 49.6 Å². The third kappa shape index (κ3) is 4.41. The topological polar surface area (TPSA) is 134 Å². The molecule has 0 aliphatic carbocycles. The summed E-state index contributed by atoms with van der Waals surface area (Å²) in [6, 6.07) is 14.9. The summed E-state index contributed by atoms with van der Waals surface area (Å²) >= 11 is 1.18. The van der Waals surface area contributed by atoms with Crippen LogP contribution in [0.25, 0.3) is 16.9 Å². The van der Waals surface area contributed by atoms with E-state index in [9.17, 15) is 14.9 Å². The smallest absolute Gasteiger partial charge is 0.270 e. The van der Waals surface area contributed by atoms with Gasteiger partial charge in [-0.2, -0.15) is 9.61 Å². The van der Waals surface area contributed by atoms with Crippen molar-refractivity contribution in [3.8, 4) is 22.8 Å². The Hall–Kier alpha value is -4.19. The summed E-state index contributed by atoms with van der Waals surface area (Å²) in [4.78, 5) is 23.1. The molecule has 1 aliphatic heterocycles. The molecule has 1 amide bonds. The van der Waals surface area contributed by atoms with Crippen LogP contribution in [0.5, 0.6) is 11.5 Å². The predicted molar refractivity (Wildman–Crippen MR) is 120 cm³/mol. The standard InChI is InChI=1S/C21H16N6O5S/c28-20(22-14-4-6-17-18(11-14)32-9-8-31-17)12-33-21-24-23-19-7-5-16(25-26(19)21)13-2-1-3-15(10-13)27(29)30/h1-7,10-11H,8-9,12H2,(H,22,28). The van der Waals surface area contributed by atoms with E-state index in [0.717, 1.165) is 0 Å². The fourth-order valence-corrected chi connectivity index (χ4v) is 3.93. The first-order valence-electron chi connectivity index (χ1n) is 9.86. The van der Waals surface area contributed by atoms with Gasteiger partial charge in [-0.3, -0.25) is 14.9 Å². The first-order chi connectivity index (χ1) is 16.1. The van der Waals surface area contributed by atoms with Crippen molar-refractivity contribution in [2.75, 3.05) is 24.3 Å². The number of carbonyl (C=O) groups excluding carboxylic acids is 1. The number of amides is 1. The number of nitro groups is 1. The van der Waals surface area contributed by atoms with Crippen molar-refractivity contribution in [1.29, 1.82) is 0 Å². The Bertz CT molecular complexity index is 1370. The number of carbonyl (C=O) groups is 1. The summed E-state index contributed by atoms with van der Waals surface area (Å²) in [7, 11) is 0. The van der Waals surface area contributed by atoms with E-state index in [-0.39, 0.29) is 17.3 Å². The van der Waals surface area contributed by atoms with Gasteiger partial charge in [-0.15, -0.1) is 10.2 Å². The maximum Gasteiger partial charge on any atom is 0.270 e. The van der Waals surface area contributed by atoms with Crippen LogP contribution < -0.4 is 14.8 Å². The van der Waals surface area contributed by atoms with Crippen molar-refractivity contribution in [2.45, 2.75) is 5.16 Å². The van der Waals surface area contributed by atoms with Crippen LogP contribution in [0.3, 0.4) is 0 Å². The SMILES string of the molecule is O=C(CSc1nnc2ccc(-c3cccc([N+](=O)[O-])c3)nn12)Nc1ccc2c(c1)OCCO2. The number of hydrogen-bond acceptors (Lipinski definition) is 9. The van der Waals surface area contributed by atoms with E-state index in [4.69, 9.17) is 9.47 Å². The van der Waals surface area contributed by atoms with Crippen LogP contribution in [0.15, 0.2) is 59.8 Å². The van der Waals surface area contributed by atoms with Crippen molar-refractivity contribution >= 4 is 34.7 Å². The molecule has 4 aromatic rings. The molecule has 0 saturated carbocycles. The Morgan fingerprint density at radius 3 is 2.79 bits per heavy atom. The summed E-state index contributed by atoms with van der Waals surface area (Å²) in [6.45, 7) is 0.962. The number of anilines is 1. The molecule has 0 fully saturated rings. The molecular weight excluding hydrogens is 448 g/mol. The molecule has 0 spiro atoms. The van der Waals surface area contributed by atoms with E-state index in [0.29, 0.717) is 52.5 Å². The van der Waals surface area contributed by atoms with E-state index in [1.54, 1.807) is 42.5 Å². The molecule has 3 heterocycles. The van der Waals surface area contributed by atoms with Crippen molar-refractivity contribution in [3.05, 3.63) is 64.7 Å². The molecule has 0 saturated heterocycles. The van der Waals surface area contributed by atoms with Crippen molar-refractivity contribution in [2.24, 2.45) is 0 Å². The van der Waals surface area contributed by atoms with E-state index in [2.05, 4.69) is 20.6 Å². The zero-order chi connectivity index (χ0) is 22.8. The number of non-ortho nitro benzene ring substituents is 1. The summed E-state index contributed by atoms with van der Waals surface area (Å²) in [5.41, 5.74) is 2.19. The second-order valence-electron chi connectivity index (χ2n) is 6.97. The number of fused-ring (bicyclic) bond motifs is 2. The van der Waals surface area contributed by atoms with Gasteiger partial charge < -0.3 is 14.8 Å². The van der Waals surface area contributed by atoms with Gasteiger partial charge in [0, 0.05) is 29.4 Å². The molecule has 166 valence electrons. The van der Waals surface area contributed by atoms with E-state index >= 15 is 0 Å². The first kappa shape index (κ1) is 20.7. The zero-order valence-electron chi connectivity index (χ0n) is 17.0. The van der Waals surface area contributed by atoms with Crippen LogP contribution in [0.1, 0.15) is 0 Å². The van der Waals surface area contributed by atoms with Crippen molar-refractivity contribution in [3.63, 3.8) is 0 Å². The molecule has 0 bridgehead atoms. The number of nitro benzene ring substituents is 1. The number of hydrogen-bond donors (Lipinski definition) is 1. The Morgan fingerprint density at radius 1 is 1.09 bits per heavy atom. The maximum absolute atomic E-state index is 12.5. The van der Waals surface area contributed by atoms with E-state index in [1.807, 2.05) is 0 Å². The highest BCUT2D eigenvalue weighted by Gasteiger charge is 2.15. The van der Waals surface area contributed by atoms with Gasteiger partial charge in [0.05, 0.1) is 16.4 Å². The lowest BCUT2D eigenvalue weighted by Crippen LogP contribution is -2.17. The lowest BCUT2D eigenvalue weighted by molar-refractivity contribution is -0.384. The monoisotopic (exact) mass is 464 g/mol. The summed E-state index contributed by atoms with van der Waals surface area (Å²) < 4.78 is 12.5. The maximum atomic E-state index is 12.5. The van der Waals surface area contributed by atoms with Gasteiger partial charge in [-0.25, -0.2) is 0 Å². The van der Waals surface area contributed by atoms with Crippen LogP contribution >= 0.6 is 11.8 Å². The summed E-state index contributed by atoms with van der Waals surface area (Å²) in [5.74, 6) is 1.09. The van der Waals surface area contributed by atoms with Crippen LogP contribution in [0.4, 0.5) is 11.4 Å². The Balaban J connectivity index is 1.30. The highest BCUT2D eigenvalue weighted by atomic mass is 32.2. The van der Waals surface area contributed by atoms with Gasteiger partial charge in [0.2, 0.25) is 11.1 Å². The second kappa shape index (κ2) is 8.74. The minimum Gasteiger partial charge on any atom is -0.486 e. The highest BCUT2D eigenvalue weighted by Crippen LogP contribution is 2.32. The average Bonchev–Trinajstić information content (AvgIpc) is 3.25. The van der Waals surface area contributed by atoms with Crippen LogP contribution in [0.2, 0.25) is 0 Å². The zero-order valence-corrected chi connectivity index (χ0v) is 17.8. The number of benzene rings is 2. The Morgan fingerprint density at radius 2 is 1.94 bits per heavy atom. The number of nitrogens with zero attached hydrogens (tertiary/aromatic N) is 5. The third-order valence-electron chi connectivity index (χ3n) is 4.75. The minimum absolute atomic E-state index is 0.0245. The van der Waals surface area contributed by atoms with Gasteiger partial charge in [-0.05, 0) is 24.3 Å². The highest BCUT2D eigenvalue weighted by molar-refractivity contribution is 7.99. The largest absolute Gasteiger partial charge is 0.486 e. The fraction of sp³-hybridized carbons (Fsp3) is 0.143. The van der Waals surface area contributed by atoms with Crippen molar-refractivity contribution in [1.82, 2.24) is 19.8 Å². The van der Waals surface area contributed by atoms with E-state index < -0.39 is 4.92 Å². The number of aromatic nitrogens is 4. The molecular formula is C21H16N6O5S. The molecule has 2 aromatic heterocycles. The van der Waals surface area contributed by atoms with Gasteiger partial charge in [0.15, 0.2) is 17.1 Å². The number of rotatable bonds is 6. The quantitative estimate of drug-likeness (QED) is 0.259. The predicted octanol–water partition coefficient (Wildman–Crippen LogP) is 3.20. The molecule has 2 aromatic carbocycles. The Labute approximate surface area is 190 Å². The second-order valence-corrected chi connectivity index (χ2v) is 7.92. The lowest BCUT2D eigenvalue weighted by atomic mass is 10.1. The van der Waals surface area contributed by atoms with Crippen LogP contribution in [0, 0.1) is 10.1 Å². The molecule has 11 nitrogen and oxygen atoms in total. The van der Waals surface area contributed by atoms with Crippen molar-refractivity contribution < 1.29 is 19.2 Å². The molecule has 5 rings (SSSR count). The third-order valence-corrected chi connectivity index (χ3v) is 5.66. The summed E-state index contributed by atoms with van der Waals surface area (Å²) in [5, 5.41) is 27.0. The summed E-state index contributed by atoms with van der Waals surface area (Å²) in [6.07, 6.45) is 0.